The molecule has 0 atom stereocenters. The zero-order valence-electron chi connectivity index (χ0n) is 12.4. The maximum Gasteiger partial charge on any atom is 0.0951 e. The first kappa shape index (κ1) is 15.0. The first-order valence-electron chi connectivity index (χ1n) is 7.08. The van der Waals surface area contributed by atoms with E-state index in [0.717, 1.165) is 41.7 Å². The van der Waals surface area contributed by atoms with Gasteiger partial charge in [0, 0.05) is 28.6 Å². The number of anilines is 2. The topological polar surface area (TPSA) is 50.9 Å². The van der Waals surface area contributed by atoms with Crippen molar-refractivity contribution in [2.45, 2.75) is 31.4 Å². The summed E-state index contributed by atoms with van der Waals surface area (Å²) in [5, 5.41) is 4.68. The summed E-state index contributed by atoms with van der Waals surface area (Å²) in [5.41, 5.74) is 8.71. The van der Waals surface area contributed by atoms with Gasteiger partial charge in [-0.2, -0.15) is 11.8 Å². The Morgan fingerprint density at radius 3 is 2.65 bits per heavy atom. The number of aromatic nitrogens is 1. The fourth-order valence-electron chi connectivity index (χ4n) is 2.47. The van der Waals surface area contributed by atoms with Crippen LogP contribution in [0.15, 0.2) is 30.5 Å². The van der Waals surface area contributed by atoms with Crippen LogP contribution >= 0.6 is 11.8 Å². The molecule has 0 fully saturated rings. The van der Waals surface area contributed by atoms with Crippen LogP contribution in [0, 0.1) is 0 Å². The SMILES string of the molecule is CCC(CC)(CNc1ccc(N)c2ncccc12)SC. The molecule has 2 aromatic rings. The summed E-state index contributed by atoms with van der Waals surface area (Å²) < 4.78 is 0.288. The van der Waals surface area contributed by atoms with Gasteiger partial charge in [-0.1, -0.05) is 13.8 Å². The third kappa shape index (κ3) is 2.85. The molecule has 4 heteroatoms. The summed E-state index contributed by atoms with van der Waals surface area (Å²) in [6.45, 7) is 5.46. The summed E-state index contributed by atoms with van der Waals surface area (Å²) in [7, 11) is 0. The second-order valence-electron chi connectivity index (χ2n) is 5.05. The number of hydrogen-bond acceptors (Lipinski definition) is 4. The third-order valence-electron chi connectivity index (χ3n) is 4.12. The van der Waals surface area contributed by atoms with Gasteiger partial charge < -0.3 is 11.1 Å². The van der Waals surface area contributed by atoms with Crippen LogP contribution in [0.3, 0.4) is 0 Å². The molecule has 20 heavy (non-hydrogen) atoms. The van der Waals surface area contributed by atoms with Gasteiger partial charge in [0.2, 0.25) is 0 Å². The molecular formula is C16H23N3S. The van der Waals surface area contributed by atoms with Crippen molar-refractivity contribution in [3.05, 3.63) is 30.5 Å². The summed E-state index contributed by atoms with van der Waals surface area (Å²) >= 11 is 1.94. The molecule has 1 heterocycles. The number of pyridine rings is 1. The van der Waals surface area contributed by atoms with Gasteiger partial charge in [-0.3, -0.25) is 4.98 Å². The van der Waals surface area contributed by atoms with Gasteiger partial charge in [0.15, 0.2) is 0 Å². The van der Waals surface area contributed by atoms with Gasteiger partial charge >= 0.3 is 0 Å². The molecule has 0 aliphatic rings. The van der Waals surface area contributed by atoms with Crippen molar-refractivity contribution in [1.82, 2.24) is 4.98 Å². The molecular weight excluding hydrogens is 266 g/mol. The van der Waals surface area contributed by atoms with Crippen molar-refractivity contribution < 1.29 is 0 Å². The Balaban J connectivity index is 2.29. The Kier molecular flexibility index (Phi) is 4.76. The maximum atomic E-state index is 5.99. The normalized spacial score (nSPS) is 11.8. The minimum absolute atomic E-state index is 0.288. The van der Waals surface area contributed by atoms with Crippen molar-refractivity contribution in [2.75, 3.05) is 23.9 Å². The monoisotopic (exact) mass is 289 g/mol. The highest BCUT2D eigenvalue weighted by Crippen LogP contribution is 2.32. The first-order chi connectivity index (χ1) is 9.65. The van der Waals surface area contributed by atoms with Gasteiger partial charge in [-0.05, 0) is 43.4 Å². The van der Waals surface area contributed by atoms with Crippen LogP contribution in [-0.4, -0.2) is 22.5 Å². The number of benzene rings is 1. The van der Waals surface area contributed by atoms with Crippen LogP contribution < -0.4 is 11.1 Å². The van der Waals surface area contributed by atoms with E-state index in [0.29, 0.717) is 0 Å². The number of nitrogens with one attached hydrogen (secondary N) is 1. The number of nitrogens with zero attached hydrogens (tertiary/aromatic N) is 1. The lowest BCUT2D eigenvalue weighted by Crippen LogP contribution is -2.32. The molecule has 0 amide bonds. The van der Waals surface area contributed by atoms with Crippen molar-refractivity contribution >= 4 is 34.0 Å². The van der Waals surface area contributed by atoms with E-state index >= 15 is 0 Å². The highest BCUT2D eigenvalue weighted by molar-refractivity contribution is 8.00. The van der Waals surface area contributed by atoms with E-state index in [1.54, 1.807) is 6.20 Å². The Morgan fingerprint density at radius 1 is 1.25 bits per heavy atom. The molecule has 108 valence electrons. The molecule has 2 rings (SSSR count). The number of hydrogen-bond donors (Lipinski definition) is 2. The molecule has 1 aromatic carbocycles. The molecule has 0 aliphatic heterocycles. The average Bonchev–Trinajstić information content (AvgIpc) is 2.51. The van der Waals surface area contributed by atoms with Crippen LogP contribution in [0.2, 0.25) is 0 Å². The Labute approximate surface area is 125 Å². The van der Waals surface area contributed by atoms with Crippen LogP contribution in [0.4, 0.5) is 11.4 Å². The van der Waals surface area contributed by atoms with Crippen LogP contribution in [0.25, 0.3) is 10.9 Å². The fourth-order valence-corrected chi connectivity index (χ4v) is 3.26. The van der Waals surface area contributed by atoms with Crippen molar-refractivity contribution in [2.24, 2.45) is 0 Å². The zero-order valence-corrected chi connectivity index (χ0v) is 13.3. The number of thioether (sulfide) groups is 1. The smallest absolute Gasteiger partial charge is 0.0951 e. The van der Waals surface area contributed by atoms with Crippen LogP contribution in [-0.2, 0) is 0 Å². The lowest BCUT2D eigenvalue weighted by Gasteiger charge is -2.30. The van der Waals surface area contributed by atoms with E-state index in [4.69, 9.17) is 5.73 Å². The van der Waals surface area contributed by atoms with E-state index in [1.165, 1.54) is 0 Å². The van der Waals surface area contributed by atoms with Crippen LogP contribution in [0.5, 0.6) is 0 Å². The van der Waals surface area contributed by atoms with Gasteiger partial charge in [0.25, 0.3) is 0 Å². The third-order valence-corrected chi connectivity index (χ3v) is 5.71. The van der Waals surface area contributed by atoms with E-state index in [2.05, 4.69) is 42.5 Å². The van der Waals surface area contributed by atoms with Crippen molar-refractivity contribution in [3.63, 3.8) is 0 Å². The van der Waals surface area contributed by atoms with E-state index in [-0.39, 0.29) is 4.75 Å². The van der Waals surface area contributed by atoms with Crippen LogP contribution in [0.1, 0.15) is 26.7 Å². The standard InChI is InChI=1S/C16H23N3S/c1-4-16(5-2,20-3)11-19-14-9-8-13(17)15-12(14)7-6-10-18-15/h6-10,19H,4-5,11,17H2,1-3H3. The lowest BCUT2D eigenvalue weighted by molar-refractivity contribution is 0.575. The molecule has 0 saturated heterocycles. The molecule has 3 nitrogen and oxygen atoms in total. The van der Waals surface area contributed by atoms with E-state index in [1.807, 2.05) is 23.9 Å². The predicted octanol–water partition coefficient (Wildman–Crippen LogP) is 4.15. The maximum absolute atomic E-state index is 5.99. The number of rotatable bonds is 6. The van der Waals surface area contributed by atoms with Gasteiger partial charge in [-0.15, -0.1) is 0 Å². The second kappa shape index (κ2) is 6.35. The quantitative estimate of drug-likeness (QED) is 0.784. The van der Waals surface area contributed by atoms with Gasteiger partial charge in [0.05, 0.1) is 11.2 Å². The molecule has 0 aliphatic carbocycles. The Morgan fingerprint density at radius 2 is 2.00 bits per heavy atom. The minimum Gasteiger partial charge on any atom is -0.397 e. The largest absolute Gasteiger partial charge is 0.397 e. The zero-order chi connectivity index (χ0) is 14.6. The summed E-state index contributed by atoms with van der Waals surface area (Å²) in [6, 6.07) is 8.00. The van der Waals surface area contributed by atoms with Crippen molar-refractivity contribution in [3.8, 4) is 0 Å². The summed E-state index contributed by atoms with van der Waals surface area (Å²) in [4.78, 5) is 4.38. The van der Waals surface area contributed by atoms with E-state index < -0.39 is 0 Å². The summed E-state index contributed by atoms with van der Waals surface area (Å²) in [5.74, 6) is 0. The minimum atomic E-state index is 0.288. The summed E-state index contributed by atoms with van der Waals surface area (Å²) in [6.07, 6.45) is 6.29. The first-order valence-corrected chi connectivity index (χ1v) is 8.30. The number of fused-ring (bicyclic) bond motifs is 1. The van der Waals surface area contributed by atoms with Crippen molar-refractivity contribution in [1.29, 1.82) is 0 Å². The molecule has 0 saturated carbocycles. The van der Waals surface area contributed by atoms with Gasteiger partial charge in [-0.25, -0.2) is 0 Å². The average molecular weight is 289 g/mol. The predicted molar refractivity (Wildman–Crippen MR) is 91.5 cm³/mol. The van der Waals surface area contributed by atoms with Gasteiger partial charge in [0.1, 0.15) is 0 Å². The molecule has 1 aromatic heterocycles. The fraction of sp³-hybridized carbons (Fsp3) is 0.438. The molecule has 0 spiro atoms. The highest BCUT2D eigenvalue weighted by atomic mass is 32.2. The molecule has 0 radical (unpaired) electrons. The van der Waals surface area contributed by atoms with E-state index in [9.17, 15) is 0 Å². The Bertz CT molecular complexity index is 571. The molecule has 0 unspecified atom stereocenters. The number of nitrogens with two attached hydrogens (primary N) is 1. The Hall–Kier alpha value is -1.42. The molecule has 0 bridgehead atoms. The molecule has 3 N–H and O–H groups in total. The number of nitrogen functional groups attached to an aromatic ring is 1. The second-order valence-corrected chi connectivity index (χ2v) is 6.32. The lowest BCUT2D eigenvalue weighted by atomic mass is 10.0. The highest BCUT2D eigenvalue weighted by Gasteiger charge is 2.24.